The van der Waals surface area contributed by atoms with E-state index in [1.807, 2.05) is 6.92 Å². The average Bonchev–Trinajstić information content (AvgIpc) is 2.97. The van der Waals surface area contributed by atoms with Crippen LogP contribution in [0.1, 0.15) is 28.4 Å². The third-order valence-corrected chi connectivity index (χ3v) is 4.18. The minimum Gasteiger partial charge on any atom is -0.494 e. The summed E-state index contributed by atoms with van der Waals surface area (Å²) in [6, 6.07) is 9.81. The third kappa shape index (κ3) is 2.70. The number of methoxy groups -OCH3 is 1. The molecule has 0 aliphatic rings. The number of carboxylic acid groups (broad SMARTS) is 1. The second-order valence-corrected chi connectivity index (χ2v) is 5.53. The van der Waals surface area contributed by atoms with E-state index in [-0.39, 0.29) is 11.3 Å². The Bertz CT molecular complexity index is 1030. The lowest BCUT2D eigenvalue weighted by Gasteiger charge is -2.10. The fourth-order valence-corrected chi connectivity index (χ4v) is 2.92. The number of hydrogen-bond donors (Lipinski definition) is 1. The van der Waals surface area contributed by atoms with Gasteiger partial charge in [-0.1, -0.05) is 6.92 Å². The molecule has 25 heavy (non-hydrogen) atoms. The van der Waals surface area contributed by atoms with Crippen LogP contribution in [-0.2, 0) is 6.42 Å². The van der Waals surface area contributed by atoms with Crippen LogP contribution in [0.4, 0.5) is 4.39 Å². The number of nitrogens with zero attached hydrogens (tertiary/aromatic N) is 2. The first kappa shape index (κ1) is 16.5. The summed E-state index contributed by atoms with van der Waals surface area (Å²) < 4.78 is 20.8. The molecule has 0 bridgehead atoms. The summed E-state index contributed by atoms with van der Waals surface area (Å²) in [7, 11) is 1.37. The van der Waals surface area contributed by atoms with E-state index < -0.39 is 11.8 Å². The predicted molar refractivity (Wildman–Crippen MR) is 90.8 cm³/mol. The normalized spacial score (nSPS) is 10.6. The molecular weight excluding hydrogens is 323 g/mol. The number of aromatic nitrogens is 1. The Morgan fingerprint density at radius 1 is 1.36 bits per heavy atom. The molecule has 0 spiro atoms. The summed E-state index contributed by atoms with van der Waals surface area (Å²) in [6.45, 7) is 1.87. The highest BCUT2D eigenvalue weighted by molar-refractivity contribution is 5.91. The zero-order chi connectivity index (χ0) is 18.1. The molecule has 0 saturated carbocycles. The molecule has 0 saturated heterocycles. The largest absolute Gasteiger partial charge is 0.494 e. The van der Waals surface area contributed by atoms with Crippen LogP contribution in [0.25, 0.3) is 16.6 Å². The molecule has 0 unspecified atom stereocenters. The molecule has 0 aliphatic carbocycles. The van der Waals surface area contributed by atoms with Crippen molar-refractivity contribution in [2.45, 2.75) is 13.3 Å². The molecule has 1 aromatic heterocycles. The highest BCUT2D eigenvalue weighted by Crippen LogP contribution is 2.31. The minimum absolute atomic E-state index is 0.0669. The number of aryl methyl sites for hydroxylation is 1. The number of aromatic carboxylic acids is 1. The number of nitriles is 1. The fraction of sp³-hybridized carbons (Fsp3) is 0.158. The Kier molecular flexibility index (Phi) is 4.15. The molecule has 3 rings (SSSR count). The van der Waals surface area contributed by atoms with Crippen molar-refractivity contribution in [2.24, 2.45) is 0 Å². The van der Waals surface area contributed by atoms with Crippen molar-refractivity contribution in [1.29, 1.82) is 5.26 Å². The summed E-state index contributed by atoms with van der Waals surface area (Å²) in [4.78, 5) is 11.3. The van der Waals surface area contributed by atoms with E-state index >= 15 is 0 Å². The van der Waals surface area contributed by atoms with Crippen LogP contribution in [0, 0.1) is 17.1 Å². The monoisotopic (exact) mass is 338 g/mol. The lowest BCUT2D eigenvalue weighted by molar-refractivity contribution is 0.0695. The lowest BCUT2D eigenvalue weighted by atomic mass is 10.0. The van der Waals surface area contributed by atoms with Crippen molar-refractivity contribution in [3.05, 3.63) is 59.0 Å². The SMILES string of the molecule is CCc1cc(-n2cc(C#N)c3cc(OC)c(F)cc32)ccc1C(=O)O. The fourth-order valence-electron chi connectivity index (χ4n) is 2.92. The second-order valence-electron chi connectivity index (χ2n) is 5.53. The lowest BCUT2D eigenvalue weighted by Crippen LogP contribution is -2.03. The topological polar surface area (TPSA) is 75.2 Å². The molecule has 6 heteroatoms. The Hall–Kier alpha value is -3.33. The van der Waals surface area contributed by atoms with Gasteiger partial charge in [-0.2, -0.15) is 5.26 Å². The van der Waals surface area contributed by atoms with E-state index in [1.165, 1.54) is 25.3 Å². The van der Waals surface area contributed by atoms with Gasteiger partial charge in [-0.05, 0) is 36.2 Å². The first-order chi connectivity index (χ1) is 12.0. The number of carbonyl (C=O) groups is 1. The number of halogens is 1. The van der Waals surface area contributed by atoms with Gasteiger partial charge in [0.05, 0.1) is 23.8 Å². The highest BCUT2D eigenvalue weighted by Gasteiger charge is 2.16. The summed E-state index contributed by atoms with van der Waals surface area (Å²) in [5, 5.41) is 19.2. The van der Waals surface area contributed by atoms with Crippen molar-refractivity contribution in [3.63, 3.8) is 0 Å². The molecule has 2 aromatic carbocycles. The van der Waals surface area contributed by atoms with Gasteiger partial charge in [-0.15, -0.1) is 0 Å². The molecular formula is C19H15FN2O3. The van der Waals surface area contributed by atoms with Crippen LogP contribution in [0.15, 0.2) is 36.5 Å². The van der Waals surface area contributed by atoms with Crippen LogP contribution in [0.2, 0.25) is 0 Å². The number of ether oxygens (including phenoxy) is 1. The maximum Gasteiger partial charge on any atom is 0.335 e. The number of fused-ring (bicyclic) bond motifs is 1. The summed E-state index contributed by atoms with van der Waals surface area (Å²) >= 11 is 0. The van der Waals surface area contributed by atoms with E-state index in [0.29, 0.717) is 34.1 Å². The van der Waals surface area contributed by atoms with Gasteiger partial charge in [-0.3, -0.25) is 0 Å². The molecule has 1 N–H and O–H groups in total. The van der Waals surface area contributed by atoms with Crippen LogP contribution < -0.4 is 4.74 Å². The van der Waals surface area contributed by atoms with E-state index in [0.717, 1.165) is 0 Å². The Morgan fingerprint density at radius 3 is 2.72 bits per heavy atom. The molecule has 0 fully saturated rings. The molecule has 126 valence electrons. The molecule has 5 nitrogen and oxygen atoms in total. The van der Waals surface area contributed by atoms with Gasteiger partial charge in [-0.25, -0.2) is 9.18 Å². The van der Waals surface area contributed by atoms with Crippen molar-refractivity contribution in [1.82, 2.24) is 4.57 Å². The zero-order valence-corrected chi connectivity index (χ0v) is 13.7. The number of carboxylic acids is 1. The van der Waals surface area contributed by atoms with Crippen molar-refractivity contribution in [3.8, 4) is 17.5 Å². The first-order valence-corrected chi connectivity index (χ1v) is 7.65. The Labute approximate surface area is 143 Å². The molecule has 3 aromatic rings. The van der Waals surface area contributed by atoms with Gasteiger partial charge in [0.1, 0.15) is 6.07 Å². The standard InChI is InChI=1S/C19H15FN2O3/c1-3-11-6-13(4-5-14(11)19(23)24)22-10-12(9-21)15-7-18(25-2)16(20)8-17(15)22/h4-8,10H,3H2,1-2H3,(H,23,24). The predicted octanol–water partition coefficient (Wildman–Crippen LogP) is 3.91. The van der Waals surface area contributed by atoms with Crippen LogP contribution >= 0.6 is 0 Å². The molecule has 0 radical (unpaired) electrons. The van der Waals surface area contributed by atoms with Crippen LogP contribution in [0.5, 0.6) is 5.75 Å². The highest BCUT2D eigenvalue weighted by atomic mass is 19.1. The van der Waals surface area contributed by atoms with Gasteiger partial charge < -0.3 is 14.4 Å². The summed E-state index contributed by atoms with van der Waals surface area (Å²) in [6.07, 6.45) is 2.15. The van der Waals surface area contributed by atoms with E-state index in [2.05, 4.69) is 6.07 Å². The van der Waals surface area contributed by atoms with Gasteiger partial charge in [0.2, 0.25) is 0 Å². The quantitative estimate of drug-likeness (QED) is 0.782. The van der Waals surface area contributed by atoms with Gasteiger partial charge in [0, 0.05) is 23.3 Å². The van der Waals surface area contributed by atoms with Crippen LogP contribution in [0.3, 0.4) is 0 Å². The minimum atomic E-state index is -0.991. The smallest absolute Gasteiger partial charge is 0.335 e. The van der Waals surface area contributed by atoms with Gasteiger partial charge in [0.15, 0.2) is 11.6 Å². The van der Waals surface area contributed by atoms with E-state index in [9.17, 15) is 19.6 Å². The van der Waals surface area contributed by atoms with Crippen molar-refractivity contribution in [2.75, 3.05) is 7.11 Å². The third-order valence-electron chi connectivity index (χ3n) is 4.18. The molecule has 0 amide bonds. The maximum absolute atomic E-state index is 14.1. The first-order valence-electron chi connectivity index (χ1n) is 7.65. The Balaban J connectivity index is 2.28. The second kappa shape index (κ2) is 6.29. The average molecular weight is 338 g/mol. The van der Waals surface area contributed by atoms with Crippen molar-refractivity contribution >= 4 is 16.9 Å². The number of benzene rings is 2. The van der Waals surface area contributed by atoms with Crippen molar-refractivity contribution < 1.29 is 19.0 Å². The number of hydrogen-bond acceptors (Lipinski definition) is 3. The van der Waals surface area contributed by atoms with E-state index in [4.69, 9.17) is 4.74 Å². The molecule has 1 heterocycles. The van der Waals surface area contributed by atoms with Gasteiger partial charge in [0.25, 0.3) is 0 Å². The van der Waals surface area contributed by atoms with E-state index in [1.54, 1.807) is 22.9 Å². The van der Waals surface area contributed by atoms with Gasteiger partial charge >= 0.3 is 5.97 Å². The summed E-state index contributed by atoms with van der Waals surface area (Å²) in [5.41, 5.74) is 2.46. The molecule has 0 atom stereocenters. The maximum atomic E-state index is 14.1. The zero-order valence-electron chi connectivity index (χ0n) is 13.7. The van der Waals surface area contributed by atoms with Crippen LogP contribution in [-0.4, -0.2) is 22.8 Å². The summed E-state index contributed by atoms with van der Waals surface area (Å²) in [5.74, 6) is -1.46. The number of rotatable bonds is 4. The molecule has 0 aliphatic heterocycles. The Morgan fingerprint density at radius 2 is 2.12 bits per heavy atom.